The molecule has 32 heavy (non-hydrogen) atoms. The smallest absolute Gasteiger partial charge is 0.417 e. The van der Waals surface area contributed by atoms with Crippen LogP contribution in [0.25, 0.3) is 11.1 Å². The van der Waals surface area contributed by atoms with Crippen molar-refractivity contribution in [3.05, 3.63) is 88.0 Å². The minimum atomic E-state index is -4.75. The van der Waals surface area contributed by atoms with E-state index in [1.54, 1.807) is 38.1 Å². The van der Waals surface area contributed by atoms with Crippen LogP contribution in [-0.4, -0.2) is 22.1 Å². The van der Waals surface area contributed by atoms with Crippen LogP contribution in [0.2, 0.25) is 0 Å². The molecule has 166 valence electrons. The maximum Gasteiger partial charge on any atom is 0.417 e. The van der Waals surface area contributed by atoms with Gasteiger partial charge >= 0.3 is 12.1 Å². The number of aliphatic hydroxyl groups excluding tert-OH is 1. The van der Waals surface area contributed by atoms with Crippen LogP contribution >= 0.6 is 0 Å². The summed E-state index contributed by atoms with van der Waals surface area (Å²) in [5.74, 6) is -2.11. The van der Waals surface area contributed by atoms with Crippen molar-refractivity contribution in [3.63, 3.8) is 0 Å². The fraction of sp³-hybridized carbons (Fsp3) is 0.167. The third kappa shape index (κ3) is 4.81. The average Bonchev–Trinajstić information content (AvgIpc) is 2.74. The third-order valence-corrected chi connectivity index (χ3v) is 5.03. The van der Waals surface area contributed by atoms with E-state index in [0.717, 1.165) is 12.1 Å². The topological polar surface area (TPSA) is 86.6 Å². The lowest BCUT2D eigenvalue weighted by Gasteiger charge is -2.17. The number of anilines is 1. The number of hydrogen-bond donors (Lipinski definition) is 3. The van der Waals surface area contributed by atoms with Gasteiger partial charge in [0.2, 0.25) is 0 Å². The molecule has 0 fully saturated rings. The van der Waals surface area contributed by atoms with Crippen LogP contribution in [-0.2, 0) is 12.8 Å². The zero-order valence-corrected chi connectivity index (χ0v) is 17.2. The largest absolute Gasteiger partial charge is 0.478 e. The first kappa shape index (κ1) is 23.0. The van der Waals surface area contributed by atoms with Gasteiger partial charge in [-0.3, -0.25) is 4.79 Å². The number of alkyl halides is 3. The Bertz CT molecular complexity index is 1180. The molecule has 5 nitrogen and oxygen atoms in total. The van der Waals surface area contributed by atoms with Gasteiger partial charge in [0, 0.05) is 5.69 Å². The van der Waals surface area contributed by atoms with Gasteiger partial charge in [0.1, 0.15) is 0 Å². The summed E-state index contributed by atoms with van der Waals surface area (Å²) in [6.07, 6.45) is -4.75. The summed E-state index contributed by atoms with van der Waals surface area (Å²) in [6.45, 7) is 2.90. The first-order valence-electron chi connectivity index (χ1n) is 9.58. The van der Waals surface area contributed by atoms with Gasteiger partial charge in [-0.25, -0.2) is 4.79 Å². The number of amides is 1. The number of halogens is 3. The van der Waals surface area contributed by atoms with Crippen LogP contribution in [0.4, 0.5) is 18.9 Å². The van der Waals surface area contributed by atoms with Gasteiger partial charge < -0.3 is 15.5 Å². The van der Waals surface area contributed by atoms with Crippen molar-refractivity contribution in [1.29, 1.82) is 0 Å². The Morgan fingerprint density at radius 2 is 1.56 bits per heavy atom. The van der Waals surface area contributed by atoms with E-state index in [-0.39, 0.29) is 17.9 Å². The minimum Gasteiger partial charge on any atom is -0.478 e. The lowest BCUT2D eigenvalue weighted by Crippen LogP contribution is -2.20. The number of carboxylic acid groups (broad SMARTS) is 1. The summed E-state index contributed by atoms with van der Waals surface area (Å²) in [4.78, 5) is 24.1. The van der Waals surface area contributed by atoms with E-state index >= 15 is 0 Å². The number of aromatic carboxylic acids is 1. The van der Waals surface area contributed by atoms with Crippen molar-refractivity contribution in [2.75, 3.05) is 5.32 Å². The molecule has 0 radical (unpaired) electrons. The second-order valence-electron chi connectivity index (χ2n) is 7.36. The number of hydrogen-bond acceptors (Lipinski definition) is 3. The van der Waals surface area contributed by atoms with Crippen LogP contribution < -0.4 is 5.32 Å². The van der Waals surface area contributed by atoms with Gasteiger partial charge in [0.15, 0.2) is 0 Å². The standard InChI is InChI=1S/C24H20F3NO4/c1-13-8-18(23(31)32)9-14(2)21(13)28-22(30)19-11-17(6-7-20(19)24(25,26)27)16-5-3-4-15(10-16)12-29/h3-11,29H,12H2,1-2H3,(H,28,30)(H,31,32). The molecule has 0 aliphatic rings. The van der Waals surface area contributed by atoms with Crippen LogP contribution in [0.3, 0.4) is 0 Å². The van der Waals surface area contributed by atoms with Crippen molar-refractivity contribution < 1.29 is 33.0 Å². The lowest BCUT2D eigenvalue weighted by molar-refractivity contribution is -0.137. The zero-order valence-electron chi connectivity index (χ0n) is 17.2. The zero-order chi connectivity index (χ0) is 23.6. The second-order valence-corrected chi connectivity index (χ2v) is 7.36. The number of rotatable bonds is 5. The van der Waals surface area contributed by atoms with Crippen LogP contribution in [0, 0.1) is 13.8 Å². The maximum atomic E-state index is 13.6. The summed E-state index contributed by atoms with van der Waals surface area (Å²) in [5.41, 5.74) is 0.955. The number of aliphatic hydroxyl groups is 1. The number of carboxylic acids is 1. The lowest BCUT2D eigenvalue weighted by atomic mass is 9.96. The Kier molecular flexibility index (Phi) is 6.36. The highest BCUT2D eigenvalue weighted by molar-refractivity contribution is 6.07. The fourth-order valence-corrected chi connectivity index (χ4v) is 3.47. The van der Waals surface area contributed by atoms with Gasteiger partial charge in [0.25, 0.3) is 5.91 Å². The molecule has 3 aromatic rings. The van der Waals surface area contributed by atoms with Crippen molar-refractivity contribution in [2.45, 2.75) is 26.6 Å². The highest BCUT2D eigenvalue weighted by Crippen LogP contribution is 2.35. The maximum absolute atomic E-state index is 13.6. The Balaban J connectivity index is 2.07. The van der Waals surface area contributed by atoms with Crippen LogP contribution in [0.5, 0.6) is 0 Å². The quantitative estimate of drug-likeness (QED) is 0.491. The molecule has 3 rings (SSSR count). The predicted octanol–water partition coefficient (Wildman–Crippen LogP) is 5.43. The summed E-state index contributed by atoms with van der Waals surface area (Å²) < 4.78 is 40.9. The fourth-order valence-electron chi connectivity index (χ4n) is 3.47. The van der Waals surface area contributed by atoms with E-state index in [1.807, 2.05) is 0 Å². The monoisotopic (exact) mass is 443 g/mol. The SMILES string of the molecule is Cc1cc(C(=O)O)cc(C)c1NC(=O)c1cc(-c2cccc(CO)c2)ccc1C(F)(F)F. The predicted molar refractivity (Wildman–Crippen MR) is 114 cm³/mol. The normalized spacial score (nSPS) is 11.3. The van der Waals surface area contributed by atoms with Crippen molar-refractivity contribution in [3.8, 4) is 11.1 Å². The van der Waals surface area contributed by atoms with Crippen LogP contribution in [0.15, 0.2) is 54.6 Å². The first-order valence-corrected chi connectivity index (χ1v) is 9.58. The van der Waals surface area contributed by atoms with Crippen molar-refractivity contribution >= 4 is 17.6 Å². The summed E-state index contributed by atoms with van der Waals surface area (Å²) in [5, 5.41) is 21.0. The molecular formula is C24H20F3NO4. The van der Waals surface area contributed by atoms with Gasteiger partial charge in [0.05, 0.1) is 23.3 Å². The second kappa shape index (κ2) is 8.84. The van der Waals surface area contributed by atoms with Gasteiger partial charge in [-0.05, 0) is 72.0 Å². The van der Waals surface area contributed by atoms with E-state index in [1.165, 1.54) is 18.2 Å². The molecule has 0 saturated heterocycles. The van der Waals surface area contributed by atoms with Crippen molar-refractivity contribution in [2.24, 2.45) is 0 Å². The average molecular weight is 443 g/mol. The Hall–Kier alpha value is -3.65. The molecule has 0 aromatic heterocycles. The highest BCUT2D eigenvalue weighted by atomic mass is 19.4. The molecule has 0 bridgehead atoms. The van der Waals surface area contributed by atoms with E-state index < -0.39 is 29.2 Å². The highest BCUT2D eigenvalue weighted by Gasteiger charge is 2.35. The molecule has 0 heterocycles. The molecule has 3 N–H and O–H groups in total. The minimum absolute atomic E-state index is 0.0137. The number of carbonyl (C=O) groups is 2. The Morgan fingerprint density at radius 1 is 0.938 bits per heavy atom. The summed E-state index contributed by atoms with van der Waals surface area (Å²) in [7, 11) is 0. The van der Waals surface area contributed by atoms with Gasteiger partial charge in [-0.1, -0.05) is 24.3 Å². The summed E-state index contributed by atoms with van der Waals surface area (Å²) in [6, 6.07) is 12.6. The Labute approximate surface area is 182 Å². The molecule has 0 atom stereocenters. The van der Waals surface area contributed by atoms with E-state index in [4.69, 9.17) is 5.11 Å². The number of benzene rings is 3. The molecular weight excluding hydrogens is 423 g/mol. The molecule has 8 heteroatoms. The molecule has 0 unspecified atom stereocenters. The molecule has 3 aromatic carbocycles. The molecule has 0 saturated carbocycles. The molecule has 0 spiro atoms. The van der Waals surface area contributed by atoms with E-state index in [2.05, 4.69) is 5.32 Å². The van der Waals surface area contributed by atoms with Crippen LogP contribution in [0.1, 0.15) is 43.0 Å². The van der Waals surface area contributed by atoms with Crippen molar-refractivity contribution in [1.82, 2.24) is 0 Å². The third-order valence-electron chi connectivity index (χ3n) is 5.03. The first-order chi connectivity index (χ1) is 15.0. The number of aryl methyl sites for hydroxylation is 2. The molecule has 0 aliphatic carbocycles. The number of carbonyl (C=O) groups excluding carboxylic acids is 1. The van der Waals surface area contributed by atoms with Gasteiger partial charge in [-0.2, -0.15) is 13.2 Å². The van der Waals surface area contributed by atoms with E-state index in [0.29, 0.717) is 27.8 Å². The number of nitrogens with one attached hydrogen (secondary N) is 1. The van der Waals surface area contributed by atoms with E-state index in [9.17, 15) is 27.9 Å². The summed E-state index contributed by atoms with van der Waals surface area (Å²) >= 11 is 0. The molecule has 0 aliphatic heterocycles. The Morgan fingerprint density at radius 3 is 2.12 bits per heavy atom. The van der Waals surface area contributed by atoms with Gasteiger partial charge in [-0.15, -0.1) is 0 Å². The molecule has 1 amide bonds.